The Kier molecular flexibility index (Phi) is 3.62. The van der Waals surface area contributed by atoms with Crippen molar-refractivity contribution in [1.29, 1.82) is 0 Å². The van der Waals surface area contributed by atoms with Crippen LogP contribution >= 0.6 is 0 Å². The Balaban J connectivity index is 1.69. The molecule has 0 saturated carbocycles. The number of aryl methyl sites for hydroxylation is 2. The fourth-order valence-electron chi connectivity index (χ4n) is 1.23. The summed E-state index contributed by atoms with van der Waals surface area (Å²) in [7, 11) is 0. The number of hydrogen-bond acceptors (Lipinski definition) is 8. The van der Waals surface area contributed by atoms with Crippen LogP contribution in [0.5, 0.6) is 0 Å². The van der Waals surface area contributed by atoms with Crippen molar-refractivity contribution in [3.63, 3.8) is 0 Å². The van der Waals surface area contributed by atoms with Crippen molar-refractivity contribution >= 4 is 25.3 Å². The summed E-state index contributed by atoms with van der Waals surface area (Å²) in [5.41, 5.74) is 0. The minimum Gasteiger partial charge on any atom is -0.719 e. The molecule has 2 heterocycles. The van der Waals surface area contributed by atoms with Crippen LogP contribution < -0.4 is 0 Å². The molecule has 2 aromatic rings. The summed E-state index contributed by atoms with van der Waals surface area (Å²) in [5.74, 6) is 1.14. The molecule has 6 nitrogen and oxygen atoms in total. The molecule has 0 spiro atoms. The van der Waals surface area contributed by atoms with Crippen LogP contribution in [0.3, 0.4) is 0 Å². The third-order valence-corrected chi connectivity index (χ3v) is 2.26. The van der Waals surface area contributed by atoms with Crippen molar-refractivity contribution in [2.75, 3.05) is 0 Å². The van der Waals surface area contributed by atoms with Gasteiger partial charge in [0.25, 0.3) is 0 Å². The van der Waals surface area contributed by atoms with E-state index in [-0.39, 0.29) is 10.4 Å². The highest BCUT2D eigenvalue weighted by Crippen LogP contribution is 2.07. The first kappa shape index (κ1) is 11.2. The van der Waals surface area contributed by atoms with Gasteiger partial charge in [0.1, 0.15) is 0 Å². The van der Waals surface area contributed by atoms with Gasteiger partial charge >= 0.3 is 0 Å². The summed E-state index contributed by atoms with van der Waals surface area (Å²) in [4.78, 5) is 0. The first-order valence-corrected chi connectivity index (χ1v) is 5.54. The van der Waals surface area contributed by atoms with E-state index in [1.807, 2.05) is 0 Å². The topological polar surface area (TPSA) is 77.8 Å². The van der Waals surface area contributed by atoms with Gasteiger partial charge in [0.2, 0.25) is 11.8 Å². The predicted molar refractivity (Wildman–Crippen MR) is 56.5 cm³/mol. The second-order valence-corrected chi connectivity index (χ2v) is 3.83. The molecule has 16 heavy (non-hydrogen) atoms. The molecule has 2 aromatic heterocycles. The average molecular weight is 256 g/mol. The molecule has 2 rings (SSSR count). The van der Waals surface area contributed by atoms with E-state index in [0.29, 0.717) is 24.6 Å². The molecular weight excluding hydrogens is 248 g/mol. The molecule has 0 atom stereocenters. The molecule has 0 saturated heterocycles. The summed E-state index contributed by atoms with van der Waals surface area (Å²) >= 11 is 9.41. The standard InChI is InChI=1S/C8H10N4O2S2/c15-7-11-9-5(13-7)3-1-2-4-6-10-12-8(16)14-6/h1-4H2,(H,11,15)(H,12,16)/p-2. The monoisotopic (exact) mass is 256 g/mol. The van der Waals surface area contributed by atoms with Gasteiger partial charge in [0.05, 0.1) is 10.4 Å². The van der Waals surface area contributed by atoms with Gasteiger partial charge in [-0.15, -0.1) is 20.4 Å². The smallest absolute Gasteiger partial charge is 0.213 e. The fraction of sp³-hybridized carbons (Fsp3) is 0.500. The quantitative estimate of drug-likeness (QED) is 0.575. The SMILES string of the molecule is [S-]c1nnc(CCCCc2nnc([S-])o2)o1. The lowest BCUT2D eigenvalue weighted by Crippen LogP contribution is -1.90. The van der Waals surface area contributed by atoms with E-state index in [9.17, 15) is 0 Å². The zero-order valence-corrected chi connectivity index (χ0v) is 9.88. The normalized spacial score (nSPS) is 10.8. The van der Waals surface area contributed by atoms with Crippen molar-refractivity contribution in [3.8, 4) is 0 Å². The van der Waals surface area contributed by atoms with Crippen molar-refractivity contribution in [3.05, 3.63) is 11.8 Å². The zero-order chi connectivity index (χ0) is 11.4. The van der Waals surface area contributed by atoms with Gasteiger partial charge in [-0.25, -0.2) is 0 Å². The van der Waals surface area contributed by atoms with E-state index in [1.165, 1.54) is 0 Å². The van der Waals surface area contributed by atoms with Crippen molar-refractivity contribution < 1.29 is 8.83 Å². The summed E-state index contributed by atoms with van der Waals surface area (Å²) in [6.45, 7) is 0. The van der Waals surface area contributed by atoms with Gasteiger partial charge < -0.3 is 34.1 Å². The highest BCUT2D eigenvalue weighted by Gasteiger charge is 2.02. The van der Waals surface area contributed by atoms with E-state index in [1.54, 1.807) is 0 Å². The van der Waals surface area contributed by atoms with Crippen LogP contribution in [0.2, 0.25) is 0 Å². The van der Waals surface area contributed by atoms with Crippen LogP contribution in [0.4, 0.5) is 0 Å². The Morgan fingerprint density at radius 3 is 1.50 bits per heavy atom. The molecule has 0 aliphatic rings. The van der Waals surface area contributed by atoms with Gasteiger partial charge in [-0.05, 0) is 12.8 Å². The van der Waals surface area contributed by atoms with Crippen LogP contribution in [0.15, 0.2) is 19.3 Å². The van der Waals surface area contributed by atoms with Gasteiger partial charge in [0.15, 0.2) is 0 Å². The van der Waals surface area contributed by atoms with Crippen molar-refractivity contribution in [2.24, 2.45) is 0 Å². The average Bonchev–Trinajstić information content (AvgIpc) is 2.83. The Morgan fingerprint density at radius 2 is 1.19 bits per heavy atom. The van der Waals surface area contributed by atoms with Gasteiger partial charge in [-0.1, -0.05) is 0 Å². The number of hydrogen-bond donors (Lipinski definition) is 0. The highest BCUT2D eigenvalue weighted by atomic mass is 32.1. The summed E-state index contributed by atoms with van der Waals surface area (Å²) < 4.78 is 10.1. The number of nitrogens with zero attached hydrogens (tertiary/aromatic N) is 4. The van der Waals surface area contributed by atoms with E-state index in [0.717, 1.165) is 12.8 Å². The van der Waals surface area contributed by atoms with Crippen LogP contribution in [-0.4, -0.2) is 20.4 Å². The zero-order valence-electron chi connectivity index (χ0n) is 8.25. The maximum absolute atomic E-state index is 5.06. The fourth-order valence-corrected chi connectivity index (χ4v) is 1.50. The van der Waals surface area contributed by atoms with Crippen LogP contribution in [-0.2, 0) is 38.1 Å². The molecule has 0 aliphatic heterocycles. The third-order valence-electron chi connectivity index (χ3n) is 1.93. The van der Waals surface area contributed by atoms with Crippen LogP contribution in [0.25, 0.3) is 0 Å². The molecular formula is C8H8N4O2S2-2. The highest BCUT2D eigenvalue weighted by molar-refractivity contribution is 7.58. The first-order chi connectivity index (χ1) is 7.74. The predicted octanol–water partition coefficient (Wildman–Crippen LogP) is 0.830. The lowest BCUT2D eigenvalue weighted by Gasteiger charge is -1.96. The van der Waals surface area contributed by atoms with E-state index < -0.39 is 0 Å². The molecule has 8 heteroatoms. The molecule has 0 unspecified atom stereocenters. The van der Waals surface area contributed by atoms with E-state index in [2.05, 4.69) is 20.4 Å². The molecule has 0 aliphatic carbocycles. The summed E-state index contributed by atoms with van der Waals surface area (Å²) in [6.07, 6.45) is 3.20. The Hall–Kier alpha value is -1.28. The second-order valence-electron chi connectivity index (χ2n) is 3.13. The van der Waals surface area contributed by atoms with Gasteiger partial charge in [-0.2, -0.15) is 0 Å². The largest absolute Gasteiger partial charge is 0.719 e. The van der Waals surface area contributed by atoms with Crippen LogP contribution in [0, 0.1) is 0 Å². The van der Waals surface area contributed by atoms with Gasteiger partial charge in [0, 0.05) is 12.8 Å². The third kappa shape index (κ3) is 3.11. The maximum Gasteiger partial charge on any atom is 0.213 e. The number of rotatable bonds is 5. The Labute approximate surface area is 103 Å². The molecule has 0 N–H and O–H groups in total. The van der Waals surface area contributed by atoms with Gasteiger partial charge in [-0.3, -0.25) is 0 Å². The lowest BCUT2D eigenvalue weighted by atomic mass is 10.2. The Morgan fingerprint density at radius 1 is 0.750 bits per heavy atom. The van der Waals surface area contributed by atoms with Crippen molar-refractivity contribution in [1.82, 2.24) is 20.4 Å². The molecule has 0 bridgehead atoms. The lowest BCUT2D eigenvalue weighted by molar-refractivity contribution is 0.396. The maximum atomic E-state index is 5.06. The van der Waals surface area contributed by atoms with E-state index >= 15 is 0 Å². The number of aromatic nitrogens is 4. The molecule has 0 amide bonds. The Bertz CT molecular complexity index is 414. The molecule has 0 fully saturated rings. The summed E-state index contributed by atoms with van der Waals surface area (Å²) in [6, 6.07) is 0. The molecule has 86 valence electrons. The second kappa shape index (κ2) is 5.17. The molecule has 0 radical (unpaired) electrons. The van der Waals surface area contributed by atoms with Crippen LogP contribution in [0.1, 0.15) is 24.6 Å². The number of unbranched alkanes of at least 4 members (excludes halogenated alkanes) is 1. The minimum atomic E-state index is 0.183. The minimum absolute atomic E-state index is 0.183. The first-order valence-electron chi connectivity index (χ1n) is 4.73. The molecule has 0 aromatic carbocycles. The van der Waals surface area contributed by atoms with Crippen molar-refractivity contribution in [2.45, 2.75) is 36.1 Å². The van der Waals surface area contributed by atoms with E-state index in [4.69, 9.17) is 34.1 Å². The summed E-state index contributed by atoms with van der Waals surface area (Å²) in [5, 5.41) is 15.1.